The fourth-order valence-corrected chi connectivity index (χ4v) is 3.99. The van der Waals surface area contributed by atoms with E-state index in [0.29, 0.717) is 24.5 Å². The van der Waals surface area contributed by atoms with Crippen LogP contribution in [0.25, 0.3) is 0 Å². The lowest BCUT2D eigenvalue weighted by molar-refractivity contribution is -0.134. The lowest BCUT2D eigenvalue weighted by Gasteiger charge is -2.42. The molecule has 1 heterocycles. The molecule has 1 atom stereocenters. The van der Waals surface area contributed by atoms with Crippen LogP contribution in [-0.2, 0) is 11.2 Å². The van der Waals surface area contributed by atoms with E-state index in [9.17, 15) is 9.90 Å². The van der Waals surface area contributed by atoms with Crippen molar-refractivity contribution < 1.29 is 9.90 Å². The lowest BCUT2D eigenvalue weighted by Crippen LogP contribution is -2.59. The Morgan fingerprint density at radius 3 is 2.71 bits per heavy atom. The van der Waals surface area contributed by atoms with E-state index in [1.54, 1.807) is 7.05 Å². The smallest absolute Gasteiger partial charge is 0.227 e. The minimum absolute atomic E-state index is 0. The van der Waals surface area contributed by atoms with Gasteiger partial charge in [0.15, 0.2) is 5.96 Å². The van der Waals surface area contributed by atoms with Crippen molar-refractivity contribution in [2.75, 3.05) is 33.2 Å². The van der Waals surface area contributed by atoms with Gasteiger partial charge in [-0.25, -0.2) is 0 Å². The standard InChI is InChI=1S/C20H29ClN4O2.HI/c1-15-13-24(19(22-2)23-14-20(27)7-4-8-20)9-10-25(15)18(26)12-16-5-3-6-17(21)11-16;/h3,5-6,11,15,27H,4,7-10,12-14H2,1-2H3,(H,22,23);1H. The van der Waals surface area contributed by atoms with E-state index in [2.05, 4.69) is 22.1 Å². The number of guanidine groups is 1. The van der Waals surface area contributed by atoms with Crippen molar-refractivity contribution in [3.63, 3.8) is 0 Å². The predicted molar refractivity (Wildman–Crippen MR) is 123 cm³/mol. The first-order valence-electron chi connectivity index (χ1n) is 9.62. The fraction of sp³-hybridized carbons (Fsp3) is 0.600. The molecule has 2 fully saturated rings. The monoisotopic (exact) mass is 520 g/mol. The molecular weight excluding hydrogens is 491 g/mol. The number of rotatable bonds is 4. The van der Waals surface area contributed by atoms with E-state index in [0.717, 1.165) is 43.9 Å². The van der Waals surface area contributed by atoms with Crippen molar-refractivity contribution in [3.8, 4) is 0 Å². The largest absolute Gasteiger partial charge is 0.388 e. The van der Waals surface area contributed by atoms with Crippen LogP contribution in [0.5, 0.6) is 0 Å². The molecule has 1 saturated heterocycles. The Kier molecular flexibility index (Phi) is 8.39. The van der Waals surface area contributed by atoms with E-state index in [1.165, 1.54) is 0 Å². The van der Waals surface area contributed by atoms with Gasteiger partial charge in [-0.2, -0.15) is 0 Å². The summed E-state index contributed by atoms with van der Waals surface area (Å²) in [5.74, 6) is 0.917. The molecule has 2 N–H and O–H groups in total. The Hall–Kier alpha value is -1.06. The summed E-state index contributed by atoms with van der Waals surface area (Å²) < 4.78 is 0. The van der Waals surface area contributed by atoms with Crippen molar-refractivity contribution in [3.05, 3.63) is 34.9 Å². The van der Waals surface area contributed by atoms with Crippen LogP contribution in [0.4, 0.5) is 0 Å². The highest BCUT2D eigenvalue weighted by Crippen LogP contribution is 2.30. The number of hydrogen-bond acceptors (Lipinski definition) is 3. The minimum Gasteiger partial charge on any atom is -0.388 e. The third-order valence-electron chi connectivity index (χ3n) is 5.56. The summed E-state index contributed by atoms with van der Waals surface area (Å²) >= 11 is 6.02. The highest BCUT2D eigenvalue weighted by Gasteiger charge is 2.35. The maximum atomic E-state index is 12.7. The molecule has 0 bridgehead atoms. The molecule has 1 unspecified atom stereocenters. The van der Waals surface area contributed by atoms with Crippen LogP contribution < -0.4 is 5.32 Å². The summed E-state index contributed by atoms with van der Waals surface area (Å²) in [5.41, 5.74) is 0.351. The molecule has 1 aliphatic heterocycles. The second-order valence-electron chi connectivity index (χ2n) is 7.67. The second kappa shape index (κ2) is 10.1. The van der Waals surface area contributed by atoms with Crippen molar-refractivity contribution in [2.24, 2.45) is 4.99 Å². The maximum Gasteiger partial charge on any atom is 0.227 e. The molecule has 1 aromatic rings. The molecule has 0 spiro atoms. The van der Waals surface area contributed by atoms with Crippen LogP contribution in [0.1, 0.15) is 31.7 Å². The molecule has 1 aliphatic carbocycles. The van der Waals surface area contributed by atoms with Gasteiger partial charge in [0.1, 0.15) is 0 Å². The zero-order chi connectivity index (χ0) is 19.4. The zero-order valence-electron chi connectivity index (χ0n) is 16.5. The number of benzene rings is 1. The van der Waals surface area contributed by atoms with Crippen molar-refractivity contribution >= 4 is 47.4 Å². The molecule has 0 radical (unpaired) electrons. The molecular formula is C20H30ClIN4O2. The molecule has 1 aromatic carbocycles. The van der Waals surface area contributed by atoms with E-state index in [-0.39, 0.29) is 35.9 Å². The van der Waals surface area contributed by atoms with Gasteiger partial charge in [0.2, 0.25) is 5.91 Å². The molecule has 6 nitrogen and oxygen atoms in total. The number of nitrogens with one attached hydrogen (secondary N) is 1. The third kappa shape index (κ3) is 5.73. The van der Waals surface area contributed by atoms with E-state index >= 15 is 0 Å². The van der Waals surface area contributed by atoms with Gasteiger partial charge in [0, 0.05) is 44.3 Å². The van der Waals surface area contributed by atoms with Crippen LogP contribution >= 0.6 is 35.6 Å². The van der Waals surface area contributed by atoms with Gasteiger partial charge in [-0.15, -0.1) is 24.0 Å². The SMILES string of the molecule is CN=C(NCC1(O)CCC1)N1CCN(C(=O)Cc2cccc(Cl)c2)C(C)C1.I. The summed E-state index contributed by atoms with van der Waals surface area (Å²) in [6, 6.07) is 7.56. The zero-order valence-corrected chi connectivity index (χ0v) is 19.6. The van der Waals surface area contributed by atoms with Gasteiger partial charge in [0.25, 0.3) is 0 Å². The quantitative estimate of drug-likeness (QED) is 0.364. The summed E-state index contributed by atoms with van der Waals surface area (Å²) in [7, 11) is 1.76. The van der Waals surface area contributed by atoms with Gasteiger partial charge in [-0.3, -0.25) is 9.79 Å². The Morgan fingerprint density at radius 2 is 2.14 bits per heavy atom. The highest BCUT2D eigenvalue weighted by molar-refractivity contribution is 14.0. The Bertz CT molecular complexity index is 711. The number of aliphatic imine (C=N–C) groups is 1. The van der Waals surface area contributed by atoms with Gasteiger partial charge < -0.3 is 20.2 Å². The number of carbonyl (C=O) groups excluding carboxylic acids is 1. The topological polar surface area (TPSA) is 68.2 Å². The molecule has 8 heteroatoms. The Balaban J connectivity index is 0.00000280. The summed E-state index contributed by atoms with van der Waals surface area (Å²) in [6.45, 7) is 4.70. The average molecular weight is 521 g/mol. The summed E-state index contributed by atoms with van der Waals surface area (Å²) in [5, 5.41) is 14.2. The molecule has 1 amide bonds. The van der Waals surface area contributed by atoms with E-state index in [1.807, 2.05) is 29.2 Å². The molecule has 3 rings (SSSR count). The van der Waals surface area contributed by atoms with Gasteiger partial charge in [-0.1, -0.05) is 23.7 Å². The van der Waals surface area contributed by atoms with Crippen LogP contribution in [0.2, 0.25) is 5.02 Å². The Morgan fingerprint density at radius 1 is 1.39 bits per heavy atom. The van der Waals surface area contributed by atoms with Crippen molar-refractivity contribution in [1.82, 2.24) is 15.1 Å². The Labute approximate surface area is 189 Å². The highest BCUT2D eigenvalue weighted by atomic mass is 127. The molecule has 0 aromatic heterocycles. The molecule has 156 valence electrons. The first-order chi connectivity index (χ1) is 12.9. The van der Waals surface area contributed by atoms with E-state index < -0.39 is 5.60 Å². The lowest BCUT2D eigenvalue weighted by atomic mass is 9.80. The fourth-order valence-electron chi connectivity index (χ4n) is 3.78. The van der Waals surface area contributed by atoms with Gasteiger partial charge in [0.05, 0.1) is 12.0 Å². The van der Waals surface area contributed by atoms with Gasteiger partial charge >= 0.3 is 0 Å². The molecule has 2 aliphatic rings. The van der Waals surface area contributed by atoms with Crippen LogP contribution in [-0.4, -0.2) is 71.6 Å². The van der Waals surface area contributed by atoms with Crippen molar-refractivity contribution in [1.29, 1.82) is 0 Å². The number of piperazine rings is 1. The van der Waals surface area contributed by atoms with E-state index in [4.69, 9.17) is 11.6 Å². The first kappa shape index (κ1) is 23.2. The van der Waals surface area contributed by atoms with Crippen LogP contribution in [0, 0.1) is 0 Å². The second-order valence-corrected chi connectivity index (χ2v) is 8.10. The number of amides is 1. The third-order valence-corrected chi connectivity index (χ3v) is 5.80. The number of halogens is 2. The van der Waals surface area contributed by atoms with Crippen LogP contribution in [0.15, 0.2) is 29.3 Å². The number of hydrogen-bond donors (Lipinski definition) is 2. The summed E-state index contributed by atoms with van der Waals surface area (Å²) in [4.78, 5) is 21.2. The van der Waals surface area contributed by atoms with Crippen molar-refractivity contribution in [2.45, 2.75) is 44.2 Å². The molecule has 28 heavy (non-hydrogen) atoms. The average Bonchev–Trinajstić information content (AvgIpc) is 2.60. The summed E-state index contributed by atoms with van der Waals surface area (Å²) in [6.07, 6.45) is 3.14. The predicted octanol–water partition coefficient (Wildman–Crippen LogP) is 2.52. The number of carbonyl (C=O) groups is 1. The normalized spacial score (nSPS) is 21.6. The number of nitrogens with zero attached hydrogens (tertiary/aromatic N) is 3. The van der Waals surface area contributed by atoms with Crippen LogP contribution in [0.3, 0.4) is 0 Å². The first-order valence-corrected chi connectivity index (χ1v) is 10.00. The molecule has 1 saturated carbocycles. The van der Waals surface area contributed by atoms with Gasteiger partial charge in [-0.05, 0) is 43.9 Å². The number of aliphatic hydroxyl groups is 1. The minimum atomic E-state index is -0.587. The maximum absolute atomic E-state index is 12.7.